The highest BCUT2D eigenvalue weighted by molar-refractivity contribution is 6.08. The number of fused-ring (bicyclic) bond motifs is 1. The van der Waals surface area contributed by atoms with Gasteiger partial charge in [0.1, 0.15) is 6.54 Å². The molecule has 0 spiro atoms. The highest BCUT2D eigenvalue weighted by atomic mass is 35.5. The van der Waals surface area contributed by atoms with Gasteiger partial charge in [0.25, 0.3) is 5.91 Å². The second kappa shape index (κ2) is 13.4. The quantitative estimate of drug-likeness (QED) is 0.441. The second-order valence-corrected chi connectivity index (χ2v) is 8.36. The fourth-order valence-electron chi connectivity index (χ4n) is 4.19. The third-order valence-electron chi connectivity index (χ3n) is 6.04. The second-order valence-electron chi connectivity index (χ2n) is 8.36. The molecule has 0 unspecified atom stereocenters. The zero-order chi connectivity index (χ0) is 25.4. The van der Waals surface area contributed by atoms with Gasteiger partial charge in [-0.25, -0.2) is 0 Å². The first-order valence-corrected chi connectivity index (χ1v) is 11.7. The van der Waals surface area contributed by atoms with Crippen LogP contribution in [0.15, 0.2) is 66.7 Å². The van der Waals surface area contributed by atoms with Crippen LogP contribution in [0.4, 0.5) is 5.69 Å². The van der Waals surface area contributed by atoms with Crippen LogP contribution < -0.4 is 16.4 Å². The Morgan fingerprint density at radius 1 is 0.889 bits per heavy atom. The molecule has 0 aliphatic heterocycles. The molecule has 3 aromatic rings. The van der Waals surface area contributed by atoms with E-state index < -0.39 is 12.5 Å². The van der Waals surface area contributed by atoms with Crippen molar-refractivity contribution in [2.45, 2.75) is 39.2 Å². The molecule has 4 rings (SSSR count). The number of primary amides is 1. The minimum Gasteiger partial charge on any atom is -0.480 e. The van der Waals surface area contributed by atoms with Gasteiger partial charge in [-0.2, -0.15) is 0 Å². The van der Waals surface area contributed by atoms with Crippen molar-refractivity contribution in [2.24, 2.45) is 11.5 Å². The molecular weight excluding hydrogens is 478 g/mol. The predicted octanol–water partition coefficient (Wildman–Crippen LogP) is 4.14. The molecule has 1 aliphatic carbocycles. The molecule has 190 valence electrons. The van der Waals surface area contributed by atoms with Crippen molar-refractivity contribution in [1.29, 1.82) is 0 Å². The van der Waals surface area contributed by atoms with Crippen molar-refractivity contribution in [3.8, 4) is 0 Å². The van der Waals surface area contributed by atoms with Crippen molar-refractivity contribution in [3.05, 3.63) is 100 Å². The summed E-state index contributed by atoms with van der Waals surface area (Å²) in [5, 5.41) is 9.15. The van der Waals surface area contributed by atoms with E-state index in [9.17, 15) is 14.4 Å². The average molecular weight is 510 g/mol. The number of hydrogen-bond donors (Lipinski definition) is 3. The number of carboxylic acid groups (broad SMARTS) is 1. The van der Waals surface area contributed by atoms with Gasteiger partial charge in [-0.15, -0.1) is 12.4 Å². The number of rotatable bonds is 7. The number of carbonyl (C=O) groups is 3. The summed E-state index contributed by atoms with van der Waals surface area (Å²) in [5.41, 5.74) is 17.2. The summed E-state index contributed by atoms with van der Waals surface area (Å²) in [6, 6.07) is 19.8. The van der Waals surface area contributed by atoms with Crippen LogP contribution in [0.5, 0.6) is 0 Å². The minimum absolute atomic E-state index is 0. The van der Waals surface area contributed by atoms with E-state index in [0.29, 0.717) is 23.4 Å². The van der Waals surface area contributed by atoms with E-state index in [0.717, 1.165) is 30.4 Å². The maximum atomic E-state index is 12.7. The lowest BCUT2D eigenvalue weighted by Crippen LogP contribution is -2.35. The van der Waals surface area contributed by atoms with E-state index in [1.165, 1.54) is 22.4 Å². The summed E-state index contributed by atoms with van der Waals surface area (Å²) >= 11 is 0. The lowest BCUT2D eigenvalue weighted by molar-refractivity contribution is -0.135. The number of carbonyl (C=O) groups excluding carboxylic acids is 2. The van der Waals surface area contributed by atoms with Crippen molar-refractivity contribution >= 4 is 35.9 Å². The molecular formula is C28H32ClN3O4. The van der Waals surface area contributed by atoms with Crippen LogP contribution in [-0.2, 0) is 30.6 Å². The van der Waals surface area contributed by atoms with Crippen LogP contribution >= 0.6 is 12.4 Å². The third kappa shape index (κ3) is 7.16. The number of halogens is 1. The van der Waals surface area contributed by atoms with Gasteiger partial charge in [-0.1, -0.05) is 37.3 Å². The average Bonchev–Trinajstić information content (AvgIpc) is 3.35. The van der Waals surface area contributed by atoms with Crippen LogP contribution in [0.25, 0.3) is 0 Å². The topological polar surface area (TPSA) is 127 Å². The Morgan fingerprint density at radius 3 is 2.19 bits per heavy atom. The number of anilines is 1. The van der Waals surface area contributed by atoms with E-state index in [4.69, 9.17) is 16.6 Å². The Bertz CT molecular complexity index is 1210. The van der Waals surface area contributed by atoms with E-state index in [1.54, 1.807) is 42.5 Å². The smallest absolute Gasteiger partial charge is 0.323 e. The first kappa shape index (κ1) is 28.6. The van der Waals surface area contributed by atoms with Gasteiger partial charge in [0, 0.05) is 23.4 Å². The number of aliphatic carboxylic acids is 1. The molecule has 3 aromatic carbocycles. The third-order valence-corrected chi connectivity index (χ3v) is 6.04. The number of carboxylic acids is 1. The van der Waals surface area contributed by atoms with Crippen molar-refractivity contribution < 1.29 is 19.5 Å². The summed E-state index contributed by atoms with van der Waals surface area (Å²) in [6.45, 7) is 1.97. The highest BCUT2D eigenvalue weighted by Crippen LogP contribution is 2.23. The van der Waals surface area contributed by atoms with Crippen LogP contribution in [0.1, 0.15) is 56.3 Å². The Hall–Kier alpha value is -3.68. The standard InChI is InChI=1S/C18H20N2O3.C10H11NO.ClH/c1-2-13-8-9-16(10-15(13)11-19)20(12-17(21)22)18(23)14-6-4-3-5-7-14;11-10(12)9-5-4-7-2-1-3-8(7)6-9;/h3-10H,2,11-12,19H2,1H3,(H,21,22);4-6H,1-3H2,(H2,11,12);1H. The largest absolute Gasteiger partial charge is 0.480 e. The molecule has 36 heavy (non-hydrogen) atoms. The Balaban J connectivity index is 0.000000294. The first-order chi connectivity index (χ1) is 16.8. The molecule has 0 aromatic heterocycles. The summed E-state index contributed by atoms with van der Waals surface area (Å²) < 4.78 is 0. The maximum absolute atomic E-state index is 12.7. The molecule has 0 saturated heterocycles. The van der Waals surface area contributed by atoms with Gasteiger partial charge in [-0.3, -0.25) is 19.3 Å². The molecule has 0 saturated carbocycles. The van der Waals surface area contributed by atoms with Gasteiger partial charge < -0.3 is 16.6 Å². The fraction of sp³-hybridized carbons (Fsp3) is 0.250. The molecule has 8 heteroatoms. The number of benzene rings is 3. The number of amides is 2. The summed E-state index contributed by atoms with van der Waals surface area (Å²) in [4.78, 5) is 35.9. The SMILES string of the molecule is CCc1ccc(N(CC(=O)O)C(=O)c2ccccc2)cc1CN.Cl.NC(=O)c1ccc2c(c1)CCC2. The first-order valence-electron chi connectivity index (χ1n) is 11.7. The predicted molar refractivity (Wildman–Crippen MR) is 144 cm³/mol. The molecule has 5 N–H and O–H groups in total. The number of nitrogens with two attached hydrogens (primary N) is 2. The molecule has 0 fully saturated rings. The van der Waals surface area contributed by atoms with Gasteiger partial charge in [0.15, 0.2) is 0 Å². The van der Waals surface area contributed by atoms with E-state index in [1.807, 2.05) is 31.2 Å². The Labute approximate surface area is 217 Å². The molecule has 1 aliphatic rings. The Kier molecular flexibility index (Phi) is 10.6. The monoisotopic (exact) mass is 509 g/mol. The van der Waals surface area contributed by atoms with Gasteiger partial charge in [0.2, 0.25) is 5.91 Å². The van der Waals surface area contributed by atoms with Crippen molar-refractivity contribution in [2.75, 3.05) is 11.4 Å². The molecule has 0 atom stereocenters. The number of hydrogen-bond acceptors (Lipinski definition) is 4. The zero-order valence-electron chi connectivity index (χ0n) is 20.3. The lowest BCUT2D eigenvalue weighted by Gasteiger charge is -2.22. The normalized spacial score (nSPS) is 11.4. The van der Waals surface area contributed by atoms with E-state index in [2.05, 4.69) is 0 Å². The van der Waals surface area contributed by atoms with Gasteiger partial charge in [0.05, 0.1) is 0 Å². The van der Waals surface area contributed by atoms with E-state index >= 15 is 0 Å². The van der Waals surface area contributed by atoms with Crippen LogP contribution in [0.3, 0.4) is 0 Å². The van der Waals surface area contributed by atoms with Crippen molar-refractivity contribution in [3.63, 3.8) is 0 Å². The highest BCUT2D eigenvalue weighted by Gasteiger charge is 2.21. The minimum atomic E-state index is -1.07. The zero-order valence-corrected chi connectivity index (χ0v) is 21.1. The molecule has 0 heterocycles. The fourth-order valence-corrected chi connectivity index (χ4v) is 4.19. The van der Waals surface area contributed by atoms with E-state index in [-0.39, 0.29) is 24.2 Å². The summed E-state index contributed by atoms with van der Waals surface area (Å²) in [6.07, 6.45) is 4.28. The number of aryl methyl sites for hydroxylation is 3. The number of nitrogens with zero attached hydrogens (tertiary/aromatic N) is 1. The molecule has 0 radical (unpaired) electrons. The Morgan fingerprint density at radius 2 is 1.58 bits per heavy atom. The lowest BCUT2D eigenvalue weighted by atomic mass is 10.0. The van der Waals surface area contributed by atoms with Gasteiger partial charge >= 0.3 is 5.97 Å². The molecule has 2 amide bonds. The summed E-state index contributed by atoms with van der Waals surface area (Å²) in [5.74, 6) is -1.74. The maximum Gasteiger partial charge on any atom is 0.323 e. The van der Waals surface area contributed by atoms with Crippen molar-refractivity contribution in [1.82, 2.24) is 0 Å². The summed E-state index contributed by atoms with van der Waals surface area (Å²) in [7, 11) is 0. The van der Waals surface area contributed by atoms with Crippen LogP contribution in [0.2, 0.25) is 0 Å². The molecule has 7 nitrogen and oxygen atoms in total. The molecule has 0 bridgehead atoms. The van der Waals surface area contributed by atoms with Crippen LogP contribution in [0, 0.1) is 0 Å². The van der Waals surface area contributed by atoms with Gasteiger partial charge in [-0.05, 0) is 84.3 Å². The van der Waals surface area contributed by atoms with Crippen LogP contribution in [-0.4, -0.2) is 29.4 Å².